The standard InChI is InChI=1S/C13H12F2N4O3S/c14-13(15)23-11-4-2-1-3-10(11)17-12(20)5-6-18-8-9(7-16-18)19(21)22/h1-4,7-8,13H,5-6H2,(H,17,20). The van der Waals surface area contributed by atoms with E-state index in [1.165, 1.54) is 23.0 Å². The Kier molecular flexibility index (Phi) is 5.63. The Balaban J connectivity index is 1.93. The predicted molar refractivity (Wildman–Crippen MR) is 80.4 cm³/mol. The van der Waals surface area contributed by atoms with Crippen molar-refractivity contribution < 1.29 is 18.5 Å². The van der Waals surface area contributed by atoms with Gasteiger partial charge < -0.3 is 5.32 Å². The van der Waals surface area contributed by atoms with E-state index in [4.69, 9.17) is 0 Å². The van der Waals surface area contributed by atoms with Crippen molar-refractivity contribution in [3.8, 4) is 0 Å². The van der Waals surface area contributed by atoms with Crippen LogP contribution in [0.25, 0.3) is 0 Å². The van der Waals surface area contributed by atoms with Crippen molar-refractivity contribution in [3.63, 3.8) is 0 Å². The van der Waals surface area contributed by atoms with E-state index in [1.54, 1.807) is 12.1 Å². The summed E-state index contributed by atoms with van der Waals surface area (Å²) in [6.07, 6.45) is 2.31. The van der Waals surface area contributed by atoms with E-state index >= 15 is 0 Å². The largest absolute Gasteiger partial charge is 0.325 e. The van der Waals surface area contributed by atoms with E-state index < -0.39 is 16.6 Å². The molecule has 1 heterocycles. The average molecular weight is 342 g/mol. The van der Waals surface area contributed by atoms with E-state index in [9.17, 15) is 23.7 Å². The summed E-state index contributed by atoms with van der Waals surface area (Å²) in [5.41, 5.74) is 0.137. The monoisotopic (exact) mass is 342 g/mol. The quantitative estimate of drug-likeness (QED) is 0.474. The fourth-order valence-corrected chi connectivity index (χ4v) is 2.36. The van der Waals surface area contributed by atoms with Gasteiger partial charge in [-0.15, -0.1) is 0 Å². The van der Waals surface area contributed by atoms with Crippen molar-refractivity contribution in [1.82, 2.24) is 9.78 Å². The molecule has 0 radical (unpaired) electrons. The van der Waals surface area contributed by atoms with Gasteiger partial charge in [0.05, 0.1) is 10.6 Å². The van der Waals surface area contributed by atoms with Crippen LogP contribution in [0.3, 0.4) is 0 Å². The van der Waals surface area contributed by atoms with Crippen LogP contribution in [0.15, 0.2) is 41.6 Å². The van der Waals surface area contributed by atoms with Crippen LogP contribution < -0.4 is 5.32 Å². The lowest BCUT2D eigenvalue weighted by molar-refractivity contribution is -0.385. The van der Waals surface area contributed by atoms with Gasteiger partial charge in [-0.25, -0.2) is 0 Å². The molecule has 10 heteroatoms. The van der Waals surface area contributed by atoms with Gasteiger partial charge in [0.1, 0.15) is 12.4 Å². The molecule has 2 rings (SSSR count). The second kappa shape index (κ2) is 7.68. The van der Waals surface area contributed by atoms with Gasteiger partial charge in [-0.05, 0) is 12.1 Å². The number of thioether (sulfide) groups is 1. The first-order valence-corrected chi connectivity index (χ1v) is 7.34. The molecule has 122 valence electrons. The van der Waals surface area contributed by atoms with Crippen molar-refractivity contribution in [1.29, 1.82) is 0 Å². The second-order valence-electron chi connectivity index (χ2n) is 4.39. The lowest BCUT2D eigenvalue weighted by atomic mass is 10.3. The van der Waals surface area contributed by atoms with Crippen molar-refractivity contribution >= 4 is 29.0 Å². The molecule has 7 nitrogen and oxygen atoms in total. The number of nitrogens with one attached hydrogen (secondary N) is 1. The highest BCUT2D eigenvalue weighted by Gasteiger charge is 2.13. The summed E-state index contributed by atoms with van der Waals surface area (Å²) in [6, 6.07) is 6.25. The minimum Gasteiger partial charge on any atom is -0.325 e. The second-order valence-corrected chi connectivity index (χ2v) is 5.42. The normalized spacial score (nSPS) is 10.7. The van der Waals surface area contributed by atoms with Gasteiger partial charge in [-0.2, -0.15) is 13.9 Å². The van der Waals surface area contributed by atoms with Gasteiger partial charge >= 0.3 is 5.69 Å². The number of anilines is 1. The number of hydrogen-bond acceptors (Lipinski definition) is 5. The molecule has 23 heavy (non-hydrogen) atoms. The number of aromatic nitrogens is 2. The van der Waals surface area contributed by atoms with Crippen molar-refractivity contribution in [2.75, 3.05) is 5.32 Å². The summed E-state index contributed by atoms with van der Waals surface area (Å²) < 4.78 is 26.2. The van der Waals surface area contributed by atoms with Crippen LogP contribution in [0.1, 0.15) is 6.42 Å². The molecule has 0 fully saturated rings. The zero-order valence-electron chi connectivity index (χ0n) is 11.7. The highest BCUT2D eigenvalue weighted by atomic mass is 32.2. The first kappa shape index (κ1) is 16.9. The number of benzene rings is 1. The van der Waals surface area contributed by atoms with Gasteiger partial charge in [-0.1, -0.05) is 23.9 Å². The van der Waals surface area contributed by atoms with Crippen LogP contribution >= 0.6 is 11.8 Å². The van der Waals surface area contributed by atoms with Gasteiger partial charge in [-0.3, -0.25) is 19.6 Å². The summed E-state index contributed by atoms with van der Waals surface area (Å²) in [7, 11) is 0. The number of amides is 1. The fraction of sp³-hybridized carbons (Fsp3) is 0.231. The number of rotatable bonds is 7. The lowest BCUT2D eigenvalue weighted by Gasteiger charge is -2.10. The molecule has 0 aliphatic carbocycles. The highest BCUT2D eigenvalue weighted by molar-refractivity contribution is 7.99. The van der Waals surface area contributed by atoms with Crippen molar-refractivity contribution in [2.24, 2.45) is 0 Å². The number of aryl methyl sites for hydroxylation is 1. The Bertz CT molecular complexity index is 708. The molecule has 0 spiro atoms. The maximum atomic E-state index is 12.5. The number of carbonyl (C=O) groups is 1. The molecule has 0 unspecified atom stereocenters. The predicted octanol–water partition coefficient (Wildman–Crippen LogP) is 3.13. The third kappa shape index (κ3) is 5.02. The van der Waals surface area contributed by atoms with Gasteiger partial charge in [0.2, 0.25) is 5.91 Å². The van der Waals surface area contributed by atoms with Crippen LogP contribution in [0.5, 0.6) is 0 Å². The first-order chi connectivity index (χ1) is 11.0. The van der Waals surface area contributed by atoms with Crippen molar-refractivity contribution in [3.05, 3.63) is 46.8 Å². The van der Waals surface area contributed by atoms with E-state index in [2.05, 4.69) is 10.4 Å². The summed E-state index contributed by atoms with van der Waals surface area (Å²) in [5.74, 6) is -2.98. The zero-order valence-corrected chi connectivity index (χ0v) is 12.5. The maximum absolute atomic E-state index is 12.5. The minimum atomic E-state index is -2.59. The summed E-state index contributed by atoms with van der Waals surface area (Å²) >= 11 is 0.347. The minimum absolute atomic E-state index is 0.00646. The molecule has 0 saturated heterocycles. The molecular weight excluding hydrogens is 330 g/mol. The molecule has 0 aliphatic rings. The van der Waals surface area contributed by atoms with Gasteiger partial charge in [0.15, 0.2) is 0 Å². The Labute approximate surface area is 133 Å². The Morgan fingerprint density at radius 1 is 1.43 bits per heavy atom. The molecule has 1 aromatic heterocycles. The maximum Gasteiger partial charge on any atom is 0.306 e. The number of carbonyl (C=O) groups excluding carboxylic acids is 1. The van der Waals surface area contributed by atoms with Crippen LogP contribution in [-0.4, -0.2) is 26.4 Å². The lowest BCUT2D eigenvalue weighted by Crippen LogP contribution is -2.15. The molecule has 1 amide bonds. The highest BCUT2D eigenvalue weighted by Crippen LogP contribution is 2.31. The molecule has 0 atom stereocenters. The average Bonchev–Trinajstić information content (AvgIpc) is 2.96. The van der Waals surface area contributed by atoms with E-state index in [1.807, 2.05) is 0 Å². The van der Waals surface area contributed by atoms with E-state index in [-0.39, 0.29) is 23.5 Å². The summed E-state index contributed by atoms with van der Waals surface area (Å²) in [6.45, 7) is 0.143. The Hall–Kier alpha value is -2.49. The summed E-state index contributed by atoms with van der Waals surface area (Å²) in [4.78, 5) is 22.1. The van der Waals surface area contributed by atoms with E-state index in [0.29, 0.717) is 17.4 Å². The molecule has 1 N–H and O–H groups in total. The van der Waals surface area contributed by atoms with Crippen LogP contribution in [0, 0.1) is 10.1 Å². The number of nitrogens with zero attached hydrogens (tertiary/aromatic N) is 3. The van der Waals surface area contributed by atoms with Gasteiger partial charge in [0, 0.05) is 17.9 Å². The molecule has 0 saturated carbocycles. The topological polar surface area (TPSA) is 90.1 Å². The SMILES string of the molecule is O=C(CCn1cc([N+](=O)[O-])cn1)Nc1ccccc1SC(F)F. The fourth-order valence-electron chi connectivity index (χ4n) is 1.77. The smallest absolute Gasteiger partial charge is 0.306 e. The number of para-hydroxylation sites is 1. The Morgan fingerprint density at radius 2 is 2.17 bits per heavy atom. The molecule has 0 bridgehead atoms. The third-order valence-electron chi connectivity index (χ3n) is 2.78. The number of hydrogen-bond donors (Lipinski definition) is 1. The van der Waals surface area contributed by atoms with Gasteiger partial charge in [0.25, 0.3) is 5.76 Å². The van der Waals surface area contributed by atoms with Crippen molar-refractivity contribution in [2.45, 2.75) is 23.6 Å². The Morgan fingerprint density at radius 3 is 2.83 bits per heavy atom. The zero-order chi connectivity index (χ0) is 16.8. The van der Waals surface area contributed by atoms with Crippen LogP contribution in [-0.2, 0) is 11.3 Å². The summed E-state index contributed by atoms with van der Waals surface area (Å²) in [5, 5.41) is 16.8. The molecule has 0 aliphatic heterocycles. The number of halogens is 2. The third-order valence-corrected chi connectivity index (χ3v) is 3.56. The van der Waals surface area contributed by atoms with E-state index in [0.717, 1.165) is 6.20 Å². The molecular formula is C13H12F2N4O3S. The van der Waals surface area contributed by atoms with Crippen LogP contribution in [0.4, 0.5) is 20.2 Å². The first-order valence-electron chi connectivity index (χ1n) is 6.46. The number of nitro groups is 1. The van der Waals surface area contributed by atoms with Crippen LogP contribution in [0.2, 0.25) is 0 Å². The molecule has 2 aromatic rings. The molecule has 1 aromatic carbocycles. The number of alkyl halides is 2.